The van der Waals surface area contributed by atoms with Gasteiger partial charge in [0.15, 0.2) is 16.5 Å². The maximum absolute atomic E-state index is 13.7. The zero-order chi connectivity index (χ0) is 27.2. The molecule has 1 saturated heterocycles. The summed E-state index contributed by atoms with van der Waals surface area (Å²) >= 11 is 1.17. The molecule has 5 rings (SSSR count). The van der Waals surface area contributed by atoms with Gasteiger partial charge in [0.05, 0.1) is 25.3 Å². The number of amides is 2. The van der Waals surface area contributed by atoms with Gasteiger partial charge in [-0.3, -0.25) is 14.4 Å². The number of aromatic hydroxyl groups is 1. The summed E-state index contributed by atoms with van der Waals surface area (Å²) in [5.74, 6) is -1.83. The van der Waals surface area contributed by atoms with Crippen LogP contribution >= 0.6 is 11.3 Å². The molecule has 0 unspecified atom stereocenters. The Bertz CT molecular complexity index is 1450. The minimum Gasteiger partial charge on any atom is -0.503 e. The minimum atomic E-state index is -1.25. The van der Waals surface area contributed by atoms with E-state index in [2.05, 4.69) is 10.2 Å². The Morgan fingerprint density at radius 2 is 1.87 bits per heavy atom. The number of benzene rings is 1. The number of nitrogens with zero attached hydrogens (tertiary/aromatic N) is 5. The van der Waals surface area contributed by atoms with Gasteiger partial charge in [-0.2, -0.15) is 0 Å². The molecule has 0 saturated carbocycles. The third kappa shape index (κ3) is 4.47. The van der Waals surface area contributed by atoms with E-state index in [-0.39, 0.29) is 40.6 Å². The molecule has 0 radical (unpaired) electrons. The number of rotatable bonds is 5. The van der Waals surface area contributed by atoms with Gasteiger partial charge in [-0.05, 0) is 38.5 Å². The third-order valence-corrected chi connectivity index (χ3v) is 7.89. The standard InChI is InChI=1S/C26H28FN5O5S/c1-15(2)32-24(35)20-22(34)21(33)18(23-29-28-19(38-23)12-16-4-6-17(27)7-5-16)13-31(20)14-26(32,3)25(36)30-8-10-37-11-9-30/h4-7,13,15,34H,8-12,14H2,1-3H3/t26-/m0/s1. The summed E-state index contributed by atoms with van der Waals surface area (Å²) < 4.78 is 20.1. The van der Waals surface area contributed by atoms with E-state index in [9.17, 15) is 23.9 Å². The van der Waals surface area contributed by atoms with Crippen molar-refractivity contribution in [1.82, 2.24) is 24.6 Å². The molecule has 0 spiro atoms. The molecular formula is C26H28FN5O5S. The van der Waals surface area contributed by atoms with Crippen LogP contribution < -0.4 is 5.43 Å². The lowest BCUT2D eigenvalue weighted by molar-refractivity contribution is -0.149. The molecular weight excluding hydrogens is 513 g/mol. The summed E-state index contributed by atoms with van der Waals surface area (Å²) in [4.78, 5) is 43.7. The van der Waals surface area contributed by atoms with Crippen molar-refractivity contribution >= 4 is 23.2 Å². The van der Waals surface area contributed by atoms with E-state index >= 15 is 0 Å². The van der Waals surface area contributed by atoms with Crippen molar-refractivity contribution in [2.75, 3.05) is 26.3 Å². The molecule has 1 aromatic carbocycles. The Hall–Kier alpha value is -3.64. The molecule has 12 heteroatoms. The maximum Gasteiger partial charge on any atom is 0.275 e. The number of hydrogen-bond acceptors (Lipinski definition) is 8. The molecule has 1 atom stereocenters. The second-order valence-corrected chi connectivity index (χ2v) is 11.0. The van der Waals surface area contributed by atoms with Crippen LogP contribution in [0.1, 0.15) is 41.8 Å². The van der Waals surface area contributed by atoms with Gasteiger partial charge in [0, 0.05) is 31.7 Å². The first kappa shape index (κ1) is 26.0. The molecule has 4 heterocycles. The van der Waals surface area contributed by atoms with E-state index in [0.717, 1.165) is 5.56 Å². The van der Waals surface area contributed by atoms with E-state index in [1.54, 1.807) is 37.8 Å². The largest absolute Gasteiger partial charge is 0.503 e. The van der Waals surface area contributed by atoms with Crippen molar-refractivity contribution in [2.24, 2.45) is 0 Å². The average molecular weight is 542 g/mol. The zero-order valence-electron chi connectivity index (χ0n) is 21.3. The van der Waals surface area contributed by atoms with Crippen LogP contribution in [0.25, 0.3) is 10.6 Å². The van der Waals surface area contributed by atoms with Gasteiger partial charge in [0.25, 0.3) is 5.91 Å². The lowest BCUT2D eigenvalue weighted by Gasteiger charge is -2.49. The molecule has 1 N–H and O–H groups in total. The summed E-state index contributed by atoms with van der Waals surface area (Å²) in [6.45, 7) is 7.04. The first-order valence-electron chi connectivity index (χ1n) is 12.3. The molecule has 2 aliphatic rings. The Kier molecular flexibility index (Phi) is 6.78. The van der Waals surface area contributed by atoms with Crippen LogP contribution in [0.15, 0.2) is 35.3 Å². The van der Waals surface area contributed by atoms with Crippen molar-refractivity contribution in [3.8, 4) is 16.3 Å². The van der Waals surface area contributed by atoms with Gasteiger partial charge in [-0.25, -0.2) is 4.39 Å². The van der Waals surface area contributed by atoms with Crippen LogP contribution in [0, 0.1) is 5.82 Å². The number of morpholine rings is 1. The summed E-state index contributed by atoms with van der Waals surface area (Å²) in [5, 5.41) is 20.1. The molecule has 3 aromatic rings. The SMILES string of the molecule is CC(C)N1C(=O)c2c(O)c(=O)c(-c3nnc(Cc4ccc(F)cc4)s3)cn2C[C@@]1(C)C(=O)N1CCOCC1. The van der Waals surface area contributed by atoms with E-state index < -0.39 is 22.6 Å². The maximum atomic E-state index is 13.7. The smallest absolute Gasteiger partial charge is 0.275 e. The predicted molar refractivity (Wildman–Crippen MR) is 138 cm³/mol. The van der Waals surface area contributed by atoms with Crippen LogP contribution in [0.5, 0.6) is 5.75 Å². The van der Waals surface area contributed by atoms with Crippen LogP contribution in [0.3, 0.4) is 0 Å². The number of pyridine rings is 1. The first-order valence-corrected chi connectivity index (χ1v) is 13.2. The van der Waals surface area contributed by atoms with Crippen molar-refractivity contribution in [1.29, 1.82) is 0 Å². The van der Waals surface area contributed by atoms with Crippen molar-refractivity contribution < 1.29 is 23.8 Å². The fourth-order valence-corrected chi connectivity index (χ4v) is 6.07. The Labute approximate surface area is 222 Å². The van der Waals surface area contributed by atoms with Gasteiger partial charge in [-0.15, -0.1) is 10.2 Å². The Morgan fingerprint density at radius 3 is 2.53 bits per heavy atom. The number of aromatic nitrogens is 3. The van der Waals surface area contributed by atoms with E-state index in [4.69, 9.17) is 4.74 Å². The van der Waals surface area contributed by atoms with Crippen LogP contribution in [-0.4, -0.2) is 79.4 Å². The lowest BCUT2D eigenvalue weighted by atomic mass is 9.91. The van der Waals surface area contributed by atoms with E-state index in [1.165, 1.54) is 39.1 Å². The fraction of sp³-hybridized carbons (Fsp3) is 0.423. The summed E-state index contributed by atoms with van der Waals surface area (Å²) in [6, 6.07) is 5.65. The van der Waals surface area contributed by atoms with E-state index in [1.807, 2.05) is 0 Å². The number of ether oxygens (including phenoxy) is 1. The number of carbonyl (C=O) groups excluding carboxylic acids is 2. The fourth-order valence-electron chi connectivity index (χ4n) is 5.19. The summed E-state index contributed by atoms with van der Waals surface area (Å²) in [7, 11) is 0. The zero-order valence-corrected chi connectivity index (χ0v) is 22.1. The number of halogens is 1. The third-order valence-electron chi connectivity index (χ3n) is 6.93. The lowest BCUT2D eigenvalue weighted by Crippen LogP contribution is -2.67. The Balaban J connectivity index is 1.53. The van der Waals surface area contributed by atoms with Crippen LogP contribution in [0.4, 0.5) is 4.39 Å². The van der Waals surface area contributed by atoms with Gasteiger partial charge in [-0.1, -0.05) is 23.5 Å². The topological polar surface area (TPSA) is 118 Å². The summed E-state index contributed by atoms with van der Waals surface area (Å²) in [5.41, 5.74) is -1.22. The summed E-state index contributed by atoms with van der Waals surface area (Å²) in [6.07, 6.45) is 1.87. The second kappa shape index (κ2) is 9.91. The van der Waals surface area contributed by atoms with Crippen molar-refractivity contribution in [2.45, 2.75) is 45.3 Å². The highest BCUT2D eigenvalue weighted by atomic mass is 32.1. The molecule has 2 amide bonds. The molecule has 0 bridgehead atoms. The quantitative estimate of drug-likeness (QED) is 0.527. The van der Waals surface area contributed by atoms with E-state index in [0.29, 0.717) is 37.7 Å². The van der Waals surface area contributed by atoms with Gasteiger partial charge in [0.2, 0.25) is 11.3 Å². The number of carbonyl (C=O) groups is 2. The molecule has 200 valence electrons. The molecule has 38 heavy (non-hydrogen) atoms. The second-order valence-electron chi connectivity index (χ2n) is 9.95. The highest BCUT2D eigenvalue weighted by Crippen LogP contribution is 2.35. The monoisotopic (exact) mass is 541 g/mol. The van der Waals surface area contributed by atoms with Crippen molar-refractivity contribution in [3.63, 3.8) is 0 Å². The number of fused-ring (bicyclic) bond motifs is 1. The predicted octanol–water partition coefficient (Wildman–Crippen LogP) is 2.28. The van der Waals surface area contributed by atoms with Gasteiger partial charge >= 0.3 is 0 Å². The first-order chi connectivity index (χ1) is 18.1. The molecule has 0 aliphatic carbocycles. The minimum absolute atomic E-state index is 0.0462. The van der Waals surface area contributed by atoms with Crippen LogP contribution in [-0.2, 0) is 22.5 Å². The normalized spacial score (nSPS) is 19.7. The highest BCUT2D eigenvalue weighted by Gasteiger charge is 2.51. The molecule has 2 aliphatic heterocycles. The van der Waals surface area contributed by atoms with Gasteiger partial charge < -0.3 is 24.2 Å². The average Bonchev–Trinajstić information content (AvgIpc) is 3.35. The molecule has 10 nitrogen and oxygen atoms in total. The Morgan fingerprint density at radius 1 is 1.18 bits per heavy atom. The van der Waals surface area contributed by atoms with Crippen molar-refractivity contribution in [3.05, 3.63) is 62.8 Å². The van der Waals surface area contributed by atoms with Crippen LogP contribution in [0.2, 0.25) is 0 Å². The number of hydrogen-bond donors (Lipinski definition) is 1. The van der Waals surface area contributed by atoms with Gasteiger partial charge in [0.1, 0.15) is 16.4 Å². The molecule has 1 fully saturated rings. The highest BCUT2D eigenvalue weighted by molar-refractivity contribution is 7.14. The molecule has 2 aromatic heterocycles.